The summed E-state index contributed by atoms with van der Waals surface area (Å²) in [5.74, 6) is -1.11. The van der Waals surface area contributed by atoms with E-state index in [0.717, 1.165) is 44.4 Å². The zero-order valence-corrected chi connectivity index (χ0v) is 23.9. The van der Waals surface area contributed by atoms with Crippen molar-refractivity contribution < 1.29 is 31.4 Å². The monoisotopic (exact) mass is 618 g/mol. The minimum Gasteiger partial charge on any atom is -0.472 e. The summed E-state index contributed by atoms with van der Waals surface area (Å²) in [6.45, 7) is 3.60. The molecule has 8 rings (SSSR count). The Hall–Kier alpha value is -3.59. The third kappa shape index (κ3) is 4.25. The third-order valence-corrected chi connectivity index (χ3v) is 9.91. The predicted molar refractivity (Wildman–Crippen MR) is 150 cm³/mol. The topological polar surface area (TPSA) is 115 Å². The molecule has 0 radical (unpaired) electrons. The molecule has 44 heavy (non-hydrogen) atoms. The van der Waals surface area contributed by atoms with Crippen LogP contribution >= 0.6 is 0 Å². The summed E-state index contributed by atoms with van der Waals surface area (Å²) in [4.78, 5) is 21.5. The van der Waals surface area contributed by atoms with Crippen LogP contribution in [-0.4, -0.2) is 87.0 Å². The quantitative estimate of drug-likeness (QED) is 0.418. The lowest BCUT2D eigenvalue weighted by Gasteiger charge is -2.42. The summed E-state index contributed by atoms with van der Waals surface area (Å²) in [6, 6.07) is 1.61. The van der Waals surface area contributed by atoms with Gasteiger partial charge in [0, 0.05) is 31.6 Å². The van der Waals surface area contributed by atoms with E-state index in [4.69, 9.17) is 20.2 Å². The van der Waals surface area contributed by atoms with Gasteiger partial charge in [-0.1, -0.05) is 0 Å². The fraction of sp³-hybridized carbons (Fsp3) is 0.586. The summed E-state index contributed by atoms with van der Waals surface area (Å²) in [7, 11) is 0. The Morgan fingerprint density at radius 3 is 2.80 bits per heavy atom. The van der Waals surface area contributed by atoms with E-state index < -0.39 is 46.8 Å². The van der Waals surface area contributed by atoms with Crippen LogP contribution in [0.5, 0.6) is 11.9 Å². The second-order valence-corrected chi connectivity index (χ2v) is 12.6. The second kappa shape index (κ2) is 9.70. The Labute approximate surface area is 249 Å². The van der Waals surface area contributed by atoms with Gasteiger partial charge in [0.25, 0.3) is 0 Å². The predicted octanol–water partition coefficient (Wildman–Crippen LogP) is 3.87. The molecule has 2 bridgehead atoms. The lowest BCUT2D eigenvalue weighted by molar-refractivity contribution is -0.137. The van der Waals surface area contributed by atoms with Gasteiger partial charge in [0.05, 0.1) is 17.1 Å². The number of nitrogens with two attached hydrogens (primary N) is 1. The van der Waals surface area contributed by atoms with Crippen molar-refractivity contribution in [3.8, 4) is 23.3 Å². The molecule has 5 aliphatic rings. The fourth-order valence-corrected chi connectivity index (χ4v) is 8.04. The minimum atomic E-state index is -4.86. The van der Waals surface area contributed by atoms with Gasteiger partial charge in [0.1, 0.15) is 52.8 Å². The first-order valence-electron chi connectivity index (χ1n) is 15.0. The molecule has 0 aliphatic carbocycles. The van der Waals surface area contributed by atoms with E-state index in [9.17, 15) is 17.6 Å². The van der Waals surface area contributed by atoms with E-state index in [2.05, 4.69) is 30.1 Å². The van der Waals surface area contributed by atoms with Crippen LogP contribution in [0, 0.1) is 5.82 Å². The number of halogens is 5. The highest BCUT2D eigenvalue weighted by atomic mass is 19.4. The maximum absolute atomic E-state index is 16.6. The lowest BCUT2D eigenvalue weighted by Crippen LogP contribution is -2.62. The maximum Gasteiger partial charge on any atom is 0.418 e. The number of alkyl halides is 4. The van der Waals surface area contributed by atoms with Gasteiger partial charge in [-0.2, -0.15) is 23.1 Å². The number of aromatic nitrogens is 4. The van der Waals surface area contributed by atoms with Gasteiger partial charge < -0.3 is 25.4 Å². The smallest absolute Gasteiger partial charge is 0.418 e. The van der Waals surface area contributed by atoms with Gasteiger partial charge in [-0.05, 0) is 51.3 Å². The molecule has 234 valence electrons. The number of hydrogen-bond donors (Lipinski definition) is 2. The van der Waals surface area contributed by atoms with Crippen LogP contribution in [0.2, 0.25) is 0 Å². The summed E-state index contributed by atoms with van der Waals surface area (Å²) >= 11 is 0. The van der Waals surface area contributed by atoms with Crippen LogP contribution in [0.1, 0.15) is 44.6 Å². The normalized spacial score (nSPS) is 31.1. The molecule has 6 atom stereocenters. The van der Waals surface area contributed by atoms with E-state index in [0.29, 0.717) is 25.3 Å². The average molecular weight is 619 g/mol. The average Bonchev–Trinajstić information content (AvgIpc) is 3.60. The van der Waals surface area contributed by atoms with E-state index in [-0.39, 0.29) is 53.3 Å². The number of rotatable bonds is 4. The first kappa shape index (κ1) is 27.9. The summed E-state index contributed by atoms with van der Waals surface area (Å²) in [6.07, 6.45) is -2.51. The van der Waals surface area contributed by atoms with Crippen LogP contribution in [0.4, 0.5) is 33.6 Å². The largest absolute Gasteiger partial charge is 0.472 e. The number of anilines is 2. The Bertz CT molecular complexity index is 1660. The Morgan fingerprint density at radius 1 is 1.14 bits per heavy atom. The molecule has 0 saturated carbocycles. The number of fused-ring (bicyclic) bond motifs is 6. The van der Waals surface area contributed by atoms with Gasteiger partial charge in [-0.25, -0.2) is 18.7 Å². The van der Waals surface area contributed by atoms with Crippen LogP contribution in [0.25, 0.3) is 22.3 Å². The van der Waals surface area contributed by atoms with Crippen molar-refractivity contribution in [2.45, 2.75) is 81.1 Å². The molecule has 3 aromatic heterocycles. The SMILES string of the molecule is C[C@@H]1Oc2nc(-c3nc(N)ccc3C(F)(F)F)c(F)c3nc(OC[C@@]45CCCN4C[C@H](F)C5)nc(c23)N2C[C@H]3CC[C@H](N3)[C@@H]12. The number of pyridine rings is 2. The minimum absolute atomic E-state index is 0.0510. The lowest BCUT2D eigenvalue weighted by atomic mass is 9.95. The van der Waals surface area contributed by atoms with E-state index in [1.165, 1.54) is 0 Å². The van der Waals surface area contributed by atoms with Crippen molar-refractivity contribution in [2.75, 3.05) is 36.9 Å². The van der Waals surface area contributed by atoms with Crippen LogP contribution in [0.15, 0.2) is 12.1 Å². The number of piperazine rings is 1. The standard InChI is InChI=1S/C29H31F5N8O2/c1-13-24-17-5-3-15(36-17)11-42(24)25-19-22(39-27(40-25)43-12-28-7-2-8-41(28)10-14(30)9-28)20(31)23(38-26(19)44-13)21-16(29(32,33)34)4-6-18(35)37-21/h4,6,13-15,17,24,36H,2-3,5,7-12H2,1H3,(H2,35,37)/t13-,14+,15+,17-,24+,28-/m0/s1. The Kier molecular flexibility index (Phi) is 6.16. The first-order chi connectivity index (χ1) is 21.0. The van der Waals surface area contributed by atoms with Gasteiger partial charge >= 0.3 is 12.2 Å². The molecular formula is C29H31F5N8O2. The molecule has 0 amide bonds. The molecule has 0 unspecified atom stereocenters. The molecule has 10 nitrogen and oxygen atoms in total. The van der Waals surface area contributed by atoms with Crippen molar-refractivity contribution in [1.82, 2.24) is 30.2 Å². The van der Waals surface area contributed by atoms with Crippen LogP contribution in [0.3, 0.4) is 0 Å². The van der Waals surface area contributed by atoms with Gasteiger partial charge in [0.2, 0.25) is 5.88 Å². The van der Waals surface area contributed by atoms with Crippen LogP contribution < -0.4 is 25.4 Å². The number of hydrogen-bond acceptors (Lipinski definition) is 10. The number of ether oxygens (including phenoxy) is 2. The molecule has 0 aromatic carbocycles. The second-order valence-electron chi connectivity index (χ2n) is 12.6. The molecular weight excluding hydrogens is 587 g/mol. The zero-order chi connectivity index (χ0) is 30.5. The molecule has 15 heteroatoms. The van der Waals surface area contributed by atoms with E-state index in [1.807, 2.05) is 6.92 Å². The number of nitrogens with zero attached hydrogens (tertiary/aromatic N) is 6. The Balaban J connectivity index is 1.31. The molecule has 8 heterocycles. The molecule has 0 spiro atoms. The highest BCUT2D eigenvalue weighted by Gasteiger charge is 2.50. The van der Waals surface area contributed by atoms with Crippen molar-refractivity contribution in [3.05, 3.63) is 23.5 Å². The molecule has 4 fully saturated rings. The van der Waals surface area contributed by atoms with Crippen molar-refractivity contribution in [1.29, 1.82) is 0 Å². The Morgan fingerprint density at radius 2 is 1.98 bits per heavy atom. The van der Waals surface area contributed by atoms with Crippen molar-refractivity contribution in [3.63, 3.8) is 0 Å². The summed E-state index contributed by atoms with van der Waals surface area (Å²) < 4.78 is 85.7. The van der Waals surface area contributed by atoms with Crippen molar-refractivity contribution >= 4 is 22.5 Å². The molecule has 3 N–H and O–H groups in total. The van der Waals surface area contributed by atoms with E-state index >= 15 is 4.39 Å². The van der Waals surface area contributed by atoms with Crippen LogP contribution in [-0.2, 0) is 6.18 Å². The summed E-state index contributed by atoms with van der Waals surface area (Å²) in [5.41, 5.74) is 2.30. The highest BCUT2D eigenvalue weighted by molar-refractivity contribution is 5.97. The number of nitrogens with one attached hydrogen (secondary N) is 1. The van der Waals surface area contributed by atoms with E-state index in [1.54, 1.807) is 0 Å². The highest BCUT2D eigenvalue weighted by Crippen LogP contribution is 2.46. The molecule has 3 aromatic rings. The summed E-state index contributed by atoms with van der Waals surface area (Å²) in [5, 5.41) is 3.76. The first-order valence-corrected chi connectivity index (χ1v) is 15.0. The van der Waals surface area contributed by atoms with Gasteiger partial charge in [-0.3, -0.25) is 4.90 Å². The molecule has 5 aliphatic heterocycles. The number of nitrogen functional groups attached to an aromatic ring is 1. The third-order valence-electron chi connectivity index (χ3n) is 9.91. The zero-order valence-electron chi connectivity index (χ0n) is 23.9. The molecule has 4 saturated heterocycles. The fourth-order valence-electron chi connectivity index (χ4n) is 8.04. The van der Waals surface area contributed by atoms with Crippen molar-refractivity contribution in [2.24, 2.45) is 0 Å². The van der Waals surface area contributed by atoms with Gasteiger partial charge in [0.15, 0.2) is 5.82 Å². The maximum atomic E-state index is 16.6. The van der Waals surface area contributed by atoms with Gasteiger partial charge in [-0.15, -0.1) is 0 Å².